The van der Waals surface area contributed by atoms with Gasteiger partial charge in [-0.1, -0.05) is 13.8 Å². The fourth-order valence-electron chi connectivity index (χ4n) is 4.47. The van der Waals surface area contributed by atoms with Gasteiger partial charge in [0.1, 0.15) is 10.8 Å². The van der Waals surface area contributed by atoms with Crippen LogP contribution in [0.1, 0.15) is 78.4 Å². The Bertz CT molecular complexity index is 1160. The van der Waals surface area contributed by atoms with E-state index in [0.717, 1.165) is 42.8 Å². The van der Waals surface area contributed by atoms with Crippen LogP contribution in [-0.2, 0) is 24.7 Å². The molecule has 0 bridgehead atoms. The molecule has 9 nitrogen and oxygen atoms in total. The van der Waals surface area contributed by atoms with Gasteiger partial charge < -0.3 is 16.0 Å². The predicted octanol–water partition coefficient (Wildman–Crippen LogP) is 3.44. The highest BCUT2D eigenvalue weighted by atomic mass is 32.1. The molecule has 2 fully saturated rings. The average Bonchev–Trinajstić information content (AvgIpc) is 3.76. The van der Waals surface area contributed by atoms with E-state index in [1.54, 1.807) is 16.0 Å². The van der Waals surface area contributed by atoms with Crippen molar-refractivity contribution in [3.8, 4) is 0 Å². The van der Waals surface area contributed by atoms with Gasteiger partial charge in [-0.25, -0.2) is 0 Å². The van der Waals surface area contributed by atoms with Gasteiger partial charge in [0.2, 0.25) is 5.91 Å². The van der Waals surface area contributed by atoms with Crippen molar-refractivity contribution in [2.45, 2.75) is 70.8 Å². The van der Waals surface area contributed by atoms with Crippen LogP contribution in [0.25, 0.3) is 0 Å². The van der Waals surface area contributed by atoms with Gasteiger partial charge >= 0.3 is 0 Å². The summed E-state index contributed by atoms with van der Waals surface area (Å²) in [6.07, 6.45) is 6.64. The second-order valence-electron chi connectivity index (χ2n) is 10.5. The maximum Gasteiger partial charge on any atom is 0.254 e. The van der Waals surface area contributed by atoms with E-state index in [-0.39, 0.29) is 23.8 Å². The Labute approximate surface area is 221 Å². The van der Waals surface area contributed by atoms with Gasteiger partial charge in [0.15, 0.2) is 5.11 Å². The highest BCUT2D eigenvalue weighted by Gasteiger charge is 2.34. The van der Waals surface area contributed by atoms with Crippen molar-refractivity contribution < 1.29 is 9.59 Å². The minimum Gasteiger partial charge on any atom is -0.358 e. The van der Waals surface area contributed by atoms with Crippen LogP contribution in [0.15, 0.2) is 6.07 Å². The number of aromatic nitrogens is 2. The van der Waals surface area contributed by atoms with Crippen LogP contribution in [0, 0.1) is 11.8 Å². The van der Waals surface area contributed by atoms with Gasteiger partial charge in [-0.15, -0.1) is 11.3 Å². The number of thiocarbonyl (C=S) groups is 1. The number of carbonyl (C=O) groups is 2. The molecule has 0 aliphatic heterocycles. The van der Waals surface area contributed by atoms with Crippen LogP contribution in [0.4, 0.5) is 10.8 Å². The largest absolute Gasteiger partial charge is 0.358 e. The van der Waals surface area contributed by atoms with Gasteiger partial charge in [-0.2, -0.15) is 5.10 Å². The Balaban J connectivity index is 1.24. The molecule has 2 aromatic rings. The highest BCUT2D eigenvalue weighted by molar-refractivity contribution is 7.80. The number of aryl methyl sites for hydroxylation is 2. The van der Waals surface area contributed by atoms with Crippen LogP contribution in [-0.4, -0.2) is 39.3 Å². The molecule has 2 saturated carbocycles. The van der Waals surface area contributed by atoms with E-state index in [1.165, 1.54) is 17.7 Å². The Hall–Kier alpha value is -2.66. The number of amides is 2. The molecule has 0 unspecified atom stereocenters. The number of carbonyl (C=O) groups excluding carboxylic acids is 2. The molecule has 3 aliphatic rings. The van der Waals surface area contributed by atoms with Crippen molar-refractivity contribution in [3.63, 3.8) is 0 Å². The Morgan fingerprint density at radius 3 is 2.67 bits per heavy atom. The molecule has 1 atom stereocenters. The Morgan fingerprint density at radius 2 is 2.00 bits per heavy atom. The van der Waals surface area contributed by atoms with Crippen molar-refractivity contribution in [2.75, 3.05) is 17.3 Å². The number of thiophene rings is 1. The third kappa shape index (κ3) is 5.83. The summed E-state index contributed by atoms with van der Waals surface area (Å²) in [6, 6.07) is 2.09. The van der Waals surface area contributed by atoms with E-state index in [4.69, 9.17) is 12.2 Å². The third-order valence-corrected chi connectivity index (χ3v) is 8.48. The van der Waals surface area contributed by atoms with Gasteiger partial charge in [0.25, 0.3) is 5.91 Å². The number of hydrazine groups is 1. The second-order valence-corrected chi connectivity index (χ2v) is 12.0. The molecule has 2 heterocycles. The molecular formula is C25H35N7O2S2. The van der Waals surface area contributed by atoms with Gasteiger partial charge in [0.05, 0.1) is 11.3 Å². The van der Waals surface area contributed by atoms with E-state index in [1.807, 2.05) is 13.1 Å². The van der Waals surface area contributed by atoms with Gasteiger partial charge in [-0.3, -0.25) is 25.1 Å². The van der Waals surface area contributed by atoms with Crippen molar-refractivity contribution in [3.05, 3.63) is 27.8 Å². The number of hydrogen-bond acceptors (Lipinski definition) is 6. The first-order valence-electron chi connectivity index (χ1n) is 12.9. The fraction of sp³-hybridized carbons (Fsp3) is 0.600. The number of hydrogen-bond donors (Lipinski definition) is 5. The fourth-order valence-corrected chi connectivity index (χ4v) is 5.94. The number of nitrogens with one attached hydrogen (secondary N) is 5. The zero-order valence-corrected chi connectivity index (χ0v) is 22.7. The topological polar surface area (TPSA) is 112 Å². The number of fused-ring (bicyclic) bond motifs is 1. The number of nitrogens with zero attached hydrogens (tertiary/aromatic N) is 2. The van der Waals surface area contributed by atoms with E-state index >= 15 is 0 Å². The summed E-state index contributed by atoms with van der Waals surface area (Å²) in [6.45, 7) is 4.92. The summed E-state index contributed by atoms with van der Waals surface area (Å²) < 4.78 is 1.78. The zero-order chi connectivity index (χ0) is 25.4. The Morgan fingerprint density at radius 1 is 1.22 bits per heavy atom. The maximum atomic E-state index is 13.2. The summed E-state index contributed by atoms with van der Waals surface area (Å²) in [7, 11) is 1.89. The van der Waals surface area contributed by atoms with Gasteiger partial charge in [-0.05, 0) is 74.6 Å². The lowest BCUT2D eigenvalue weighted by Gasteiger charge is -2.25. The average molecular weight is 530 g/mol. The van der Waals surface area contributed by atoms with E-state index < -0.39 is 0 Å². The van der Waals surface area contributed by atoms with Crippen LogP contribution in [0.2, 0.25) is 0 Å². The van der Waals surface area contributed by atoms with Crippen LogP contribution in [0.5, 0.6) is 0 Å². The van der Waals surface area contributed by atoms with Crippen molar-refractivity contribution in [1.29, 1.82) is 0 Å². The third-order valence-electron chi connectivity index (χ3n) is 7.05. The quantitative estimate of drug-likeness (QED) is 0.250. The van der Waals surface area contributed by atoms with E-state index in [9.17, 15) is 9.59 Å². The first kappa shape index (κ1) is 25.0. The first-order valence-corrected chi connectivity index (χ1v) is 14.1. The predicted molar refractivity (Wildman–Crippen MR) is 146 cm³/mol. The number of anilines is 2. The minimum atomic E-state index is -0.0781. The zero-order valence-electron chi connectivity index (χ0n) is 21.1. The number of rotatable bonds is 9. The smallest absolute Gasteiger partial charge is 0.254 e. The second kappa shape index (κ2) is 10.4. The molecule has 0 radical (unpaired) electrons. The molecule has 2 aromatic heterocycles. The van der Waals surface area contributed by atoms with Gasteiger partial charge in [0, 0.05) is 36.5 Å². The first-order chi connectivity index (χ1) is 17.3. The Kier molecular flexibility index (Phi) is 7.21. The summed E-state index contributed by atoms with van der Waals surface area (Å²) >= 11 is 7.10. The summed E-state index contributed by atoms with van der Waals surface area (Å²) in [4.78, 5) is 26.9. The SMILES string of the molecule is CC(C)c1cc(NNC(=S)N[C@H]2CCc3sc(NC(=O)C4CC4)c(C(=O)NCC4CC4)c3C2)n(C)n1. The van der Waals surface area contributed by atoms with Crippen LogP contribution < -0.4 is 26.8 Å². The highest BCUT2D eigenvalue weighted by Crippen LogP contribution is 2.40. The maximum absolute atomic E-state index is 13.2. The van der Waals surface area contributed by atoms with Crippen LogP contribution >= 0.6 is 23.6 Å². The summed E-state index contributed by atoms with van der Waals surface area (Å²) in [5.74, 6) is 1.81. The lowest BCUT2D eigenvalue weighted by atomic mass is 9.91. The molecular weight excluding hydrogens is 494 g/mol. The molecule has 3 aliphatic carbocycles. The summed E-state index contributed by atoms with van der Waals surface area (Å²) in [5.41, 5.74) is 8.89. The normalized spacial score (nSPS) is 18.9. The molecule has 194 valence electrons. The monoisotopic (exact) mass is 529 g/mol. The lowest BCUT2D eigenvalue weighted by Crippen LogP contribution is -2.46. The van der Waals surface area contributed by atoms with Crippen LogP contribution in [0.3, 0.4) is 0 Å². The molecule has 2 amide bonds. The molecule has 36 heavy (non-hydrogen) atoms. The van der Waals surface area contributed by atoms with Crippen molar-refractivity contribution in [2.24, 2.45) is 18.9 Å². The standard InChI is InChI=1S/C25H35N7O2S2/c1-13(2)18-11-20(32(3)31-18)29-30-25(35)27-16-8-9-19-17(10-16)21(23(34)26-12-14-4-5-14)24(36-19)28-22(33)15-6-7-15/h11,13-16,29H,4-10,12H2,1-3H3,(H,26,34)(H,28,33)(H2,27,30,35)/t16-/m0/s1. The van der Waals surface area contributed by atoms with Crippen molar-refractivity contribution in [1.82, 2.24) is 25.8 Å². The van der Waals surface area contributed by atoms with Crippen molar-refractivity contribution >= 4 is 51.3 Å². The molecule has 5 rings (SSSR count). The lowest BCUT2D eigenvalue weighted by molar-refractivity contribution is -0.117. The molecule has 0 saturated heterocycles. The summed E-state index contributed by atoms with van der Waals surface area (Å²) in [5, 5.41) is 15.3. The minimum absolute atomic E-state index is 0.0340. The molecule has 0 spiro atoms. The van der Waals surface area contributed by atoms with E-state index in [0.29, 0.717) is 40.5 Å². The molecule has 11 heteroatoms. The van der Waals surface area contributed by atoms with E-state index in [2.05, 4.69) is 45.7 Å². The molecule has 5 N–H and O–H groups in total. The molecule has 0 aromatic carbocycles.